The molecule has 0 radical (unpaired) electrons. The van der Waals surface area contributed by atoms with Gasteiger partial charge in [0.2, 0.25) is 11.8 Å². The standard InChI is InChI=1S/C21H27BrN4O2/c1-21(2,3)20(28)25-12-9-15(10-13-25)19(27)24-18-8-11-23-26(18)14-16-6-4-5-7-17(16)22/h4-8,11,15H,9-10,12-14H2,1-3H3,(H,24,27). The van der Waals surface area contributed by atoms with Crippen LogP contribution in [0.15, 0.2) is 41.0 Å². The van der Waals surface area contributed by atoms with Gasteiger partial charge in [-0.1, -0.05) is 54.9 Å². The number of nitrogens with one attached hydrogen (secondary N) is 1. The van der Waals surface area contributed by atoms with E-state index in [0.29, 0.717) is 38.3 Å². The molecule has 1 aliphatic rings. The highest BCUT2D eigenvalue weighted by molar-refractivity contribution is 9.10. The van der Waals surface area contributed by atoms with Crippen molar-refractivity contribution < 1.29 is 9.59 Å². The Bertz CT molecular complexity index is 848. The first kappa shape index (κ1) is 20.6. The molecule has 0 unspecified atom stereocenters. The van der Waals surface area contributed by atoms with Gasteiger partial charge in [-0.05, 0) is 24.5 Å². The first-order valence-corrected chi connectivity index (χ1v) is 10.4. The average molecular weight is 447 g/mol. The first-order valence-electron chi connectivity index (χ1n) is 9.61. The molecule has 0 atom stereocenters. The maximum atomic E-state index is 12.7. The Balaban J connectivity index is 1.59. The molecule has 1 aromatic heterocycles. The van der Waals surface area contributed by atoms with E-state index in [2.05, 4.69) is 26.3 Å². The van der Waals surface area contributed by atoms with Crippen LogP contribution in [0.1, 0.15) is 39.2 Å². The van der Waals surface area contributed by atoms with Gasteiger partial charge in [-0.2, -0.15) is 5.10 Å². The summed E-state index contributed by atoms with van der Waals surface area (Å²) in [5, 5.41) is 7.36. The highest BCUT2D eigenvalue weighted by Crippen LogP contribution is 2.25. The van der Waals surface area contributed by atoms with Crippen molar-refractivity contribution in [2.45, 2.75) is 40.2 Å². The summed E-state index contributed by atoms with van der Waals surface area (Å²) in [5.74, 6) is 0.749. The molecule has 1 fully saturated rings. The van der Waals surface area contributed by atoms with Gasteiger partial charge in [0.1, 0.15) is 5.82 Å². The van der Waals surface area contributed by atoms with Crippen molar-refractivity contribution in [2.75, 3.05) is 18.4 Å². The predicted molar refractivity (Wildman–Crippen MR) is 113 cm³/mol. The Morgan fingerprint density at radius 2 is 1.86 bits per heavy atom. The molecular weight excluding hydrogens is 420 g/mol. The van der Waals surface area contributed by atoms with Crippen LogP contribution in [-0.2, 0) is 16.1 Å². The number of anilines is 1. The third kappa shape index (κ3) is 4.82. The third-order valence-electron chi connectivity index (χ3n) is 5.04. The van der Waals surface area contributed by atoms with E-state index < -0.39 is 0 Å². The third-order valence-corrected chi connectivity index (χ3v) is 5.81. The fraction of sp³-hybridized carbons (Fsp3) is 0.476. The number of hydrogen-bond donors (Lipinski definition) is 1. The molecule has 1 aliphatic heterocycles. The highest BCUT2D eigenvalue weighted by atomic mass is 79.9. The molecule has 2 heterocycles. The molecule has 28 heavy (non-hydrogen) atoms. The Labute approximate surface area is 174 Å². The Kier molecular flexibility index (Phi) is 6.23. The number of halogens is 1. The van der Waals surface area contributed by atoms with Gasteiger partial charge in [0.05, 0.1) is 12.7 Å². The smallest absolute Gasteiger partial charge is 0.228 e. The number of carbonyl (C=O) groups is 2. The van der Waals surface area contributed by atoms with Crippen LogP contribution < -0.4 is 5.32 Å². The molecule has 0 bridgehead atoms. The zero-order valence-corrected chi connectivity index (χ0v) is 18.2. The number of piperidine rings is 1. The van der Waals surface area contributed by atoms with Crippen LogP contribution in [0.3, 0.4) is 0 Å². The minimum atomic E-state index is -0.382. The summed E-state index contributed by atoms with van der Waals surface area (Å²) in [6.45, 7) is 7.62. The van der Waals surface area contributed by atoms with Gasteiger partial charge in [0.15, 0.2) is 0 Å². The second kappa shape index (κ2) is 8.47. The van der Waals surface area contributed by atoms with E-state index >= 15 is 0 Å². The summed E-state index contributed by atoms with van der Waals surface area (Å²) in [6, 6.07) is 9.78. The van der Waals surface area contributed by atoms with Crippen molar-refractivity contribution in [3.63, 3.8) is 0 Å². The summed E-state index contributed by atoms with van der Waals surface area (Å²) in [7, 11) is 0. The Hall–Kier alpha value is -2.15. The van der Waals surface area contributed by atoms with Crippen molar-refractivity contribution in [3.8, 4) is 0 Å². The minimum absolute atomic E-state index is 0.00302. The number of likely N-dealkylation sites (tertiary alicyclic amines) is 1. The Morgan fingerprint density at radius 1 is 1.18 bits per heavy atom. The van der Waals surface area contributed by atoms with Crippen LogP contribution in [0.2, 0.25) is 0 Å². The lowest BCUT2D eigenvalue weighted by Crippen LogP contribution is -2.45. The molecule has 0 spiro atoms. The number of benzene rings is 1. The van der Waals surface area contributed by atoms with Crippen LogP contribution in [0.5, 0.6) is 0 Å². The lowest BCUT2D eigenvalue weighted by atomic mass is 9.90. The van der Waals surface area contributed by atoms with Crippen LogP contribution in [0.4, 0.5) is 5.82 Å². The summed E-state index contributed by atoms with van der Waals surface area (Å²) in [5.41, 5.74) is 0.712. The molecule has 6 nitrogen and oxygen atoms in total. The Morgan fingerprint density at radius 3 is 2.50 bits per heavy atom. The summed E-state index contributed by atoms with van der Waals surface area (Å²) >= 11 is 3.55. The summed E-state index contributed by atoms with van der Waals surface area (Å²) < 4.78 is 2.80. The van der Waals surface area contributed by atoms with E-state index in [1.807, 2.05) is 56.0 Å². The number of amides is 2. The molecule has 0 saturated carbocycles. The normalized spacial score (nSPS) is 15.5. The van der Waals surface area contributed by atoms with E-state index in [1.54, 1.807) is 10.9 Å². The molecule has 1 aromatic carbocycles. The zero-order valence-electron chi connectivity index (χ0n) is 16.6. The molecule has 150 valence electrons. The lowest BCUT2D eigenvalue weighted by molar-refractivity contribution is -0.142. The second-order valence-corrected chi connectivity index (χ2v) is 9.13. The number of aromatic nitrogens is 2. The van der Waals surface area contributed by atoms with E-state index in [-0.39, 0.29) is 23.1 Å². The van der Waals surface area contributed by atoms with Crippen molar-refractivity contribution in [1.29, 1.82) is 0 Å². The van der Waals surface area contributed by atoms with Crippen LogP contribution >= 0.6 is 15.9 Å². The molecule has 0 aliphatic carbocycles. The molecule has 2 aromatic rings. The van der Waals surface area contributed by atoms with E-state index in [0.717, 1.165) is 10.0 Å². The number of carbonyl (C=O) groups excluding carboxylic acids is 2. The number of hydrogen-bond acceptors (Lipinski definition) is 3. The number of nitrogens with zero attached hydrogens (tertiary/aromatic N) is 3. The minimum Gasteiger partial charge on any atom is -0.342 e. The highest BCUT2D eigenvalue weighted by Gasteiger charge is 2.32. The van der Waals surface area contributed by atoms with E-state index in [4.69, 9.17) is 0 Å². The fourth-order valence-corrected chi connectivity index (χ4v) is 3.81. The molecule has 7 heteroatoms. The van der Waals surface area contributed by atoms with Crippen LogP contribution in [-0.4, -0.2) is 39.6 Å². The monoisotopic (exact) mass is 446 g/mol. The number of rotatable bonds is 4. The average Bonchev–Trinajstić information content (AvgIpc) is 3.09. The van der Waals surface area contributed by atoms with Crippen molar-refractivity contribution in [1.82, 2.24) is 14.7 Å². The topological polar surface area (TPSA) is 67.2 Å². The summed E-state index contributed by atoms with van der Waals surface area (Å²) in [4.78, 5) is 27.0. The quantitative estimate of drug-likeness (QED) is 0.773. The van der Waals surface area contributed by atoms with Gasteiger partial charge in [-0.25, -0.2) is 4.68 Å². The van der Waals surface area contributed by atoms with Crippen LogP contribution in [0, 0.1) is 11.3 Å². The van der Waals surface area contributed by atoms with Gasteiger partial charge in [0, 0.05) is 35.0 Å². The predicted octanol–water partition coefficient (Wildman–Crippen LogP) is 3.92. The lowest BCUT2D eigenvalue weighted by Gasteiger charge is -2.35. The van der Waals surface area contributed by atoms with Crippen molar-refractivity contribution in [3.05, 3.63) is 46.6 Å². The molecular formula is C21H27BrN4O2. The molecule has 2 amide bonds. The maximum Gasteiger partial charge on any atom is 0.228 e. The largest absolute Gasteiger partial charge is 0.342 e. The van der Waals surface area contributed by atoms with E-state index in [1.165, 1.54) is 0 Å². The van der Waals surface area contributed by atoms with Crippen molar-refractivity contribution >= 4 is 33.6 Å². The maximum absolute atomic E-state index is 12.7. The fourth-order valence-electron chi connectivity index (χ4n) is 3.40. The first-order chi connectivity index (χ1) is 13.3. The van der Waals surface area contributed by atoms with Gasteiger partial charge in [-0.3, -0.25) is 9.59 Å². The SMILES string of the molecule is CC(C)(C)C(=O)N1CCC(C(=O)Nc2ccnn2Cc2ccccc2Br)CC1. The van der Waals surface area contributed by atoms with Gasteiger partial charge < -0.3 is 10.2 Å². The zero-order chi connectivity index (χ0) is 20.3. The molecule has 1 N–H and O–H groups in total. The van der Waals surface area contributed by atoms with Gasteiger partial charge in [0.25, 0.3) is 0 Å². The van der Waals surface area contributed by atoms with Crippen molar-refractivity contribution in [2.24, 2.45) is 11.3 Å². The van der Waals surface area contributed by atoms with Crippen LogP contribution in [0.25, 0.3) is 0 Å². The van der Waals surface area contributed by atoms with E-state index in [9.17, 15) is 9.59 Å². The molecule has 1 saturated heterocycles. The molecule has 3 rings (SSSR count). The van der Waals surface area contributed by atoms with Gasteiger partial charge in [-0.15, -0.1) is 0 Å². The second-order valence-electron chi connectivity index (χ2n) is 8.27. The van der Waals surface area contributed by atoms with Gasteiger partial charge >= 0.3 is 0 Å². The summed E-state index contributed by atoms with van der Waals surface area (Å²) in [6.07, 6.45) is 3.06.